The summed E-state index contributed by atoms with van der Waals surface area (Å²) in [5, 5.41) is 13.5. The standard InChI is InChI=1S/C20H21N3O3.C2HF3O2/c24-19(15-4-1-3-14(10-15)16-5-2-8-21-12-16)22-11-13-6-7-17-18(9-13)26-20(25)23-17;3-2(4,5)1(6)7/h1,3-4,6-7,9-10,16,21H,2,5,8,11-12H2,(H,22,24)(H,23,25);(H,6,7). The van der Waals surface area contributed by atoms with Crippen molar-refractivity contribution in [2.45, 2.75) is 31.5 Å². The van der Waals surface area contributed by atoms with Crippen LogP contribution in [0.5, 0.6) is 0 Å². The molecule has 1 amide bonds. The zero-order chi connectivity index (χ0) is 24.0. The lowest BCUT2D eigenvalue weighted by molar-refractivity contribution is -0.192. The second kappa shape index (κ2) is 10.3. The molecule has 4 N–H and O–H groups in total. The van der Waals surface area contributed by atoms with Crippen molar-refractivity contribution >= 4 is 23.0 Å². The van der Waals surface area contributed by atoms with Gasteiger partial charge in [-0.15, -0.1) is 0 Å². The van der Waals surface area contributed by atoms with E-state index < -0.39 is 17.9 Å². The van der Waals surface area contributed by atoms with E-state index in [2.05, 4.69) is 21.7 Å². The first-order chi connectivity index (χ1) is 15.6. The Bertz CT molecular complexity index is 1180. The molecule has 4 rings (SSSR count). The SMILES string of the molecule is O=C(NCc1ccc2[nH]c(=O)oc2c1)c1cccc(C2CCCNC2)c1.O=C(O)C(F)(F)F. The Balaban J connectivity index is 0.000000383. The number of carboxylic acid groups (broad SMARTS) is 1. The van der Waals surface area contributed by atoms with Crippen molar-refractivity contribution in [2.24, 2.45) is 0 Å². The van der Waals surface area contributed by atoms with Gasteiger partial charge in [0.05, 0.1) is 5.52 Å². The maximum atomic E-state index is 12.5. The number of aliphatic carboxylic acids is 1. The molecular formula is C22H22F3N3O5. The van der Waals surface area contributed by atoms with E-state index in [1.807, 2.05) is 24.3 Å². The summed E-state index contributed by atoms with van der Waals surface area (Å²) in [6.07, 6.45) is -2.77. The lowest BCUT2D eigenvalue weighted by Crippen LogP contribution is -2.28. The molecule has 0 bridgehead atoms. The highest BCUT2D eigenvalue weighted by atomic mass is 19.4. The number of aromatic nitrogens is 1. The highest BCUT2D eigenvalue weighted by Gasteiger charge is 2.38. The van der Waals surface area contributed by atoms with E-state index in [9.17, 15) is 22.8 Å². The Hall–Kier alpha value is -3.60. The number of hydrogen-bond donors (Lipinski definition) is 4. The van der Waals surface area contributed by atoms with Gasteiger partial charge in [0.25, 0.3) is 5.91 Å². The molecule has 1 aromatic heterocycles. The normalized spacial score (nSPS) is 16.0. The van der Waals surface area contributed by atoms with Crippen LogP contribution in [0.3, 0.4) is 0 Å². The maximum absolute atomic E-state index is 12.5. The monoisotopic (exact) mass is 465 g/mol. The molecule has 1 unspecified atom stereocenters. The number of benzene rings is 2. The minimum atomic E-state index is -5.08. The third-order valence-electron chi connectivity index (χ3n) is 5.10. The van der Waals surface area contributed by atoms with E-state index in [1.165, 1.54) is 12.0 Å². The van der Waals surface area contributed by atoms with Crippen LogP contribution in [0.1, 0.15) is 40.2 Å². The van der Waals surface area contributed by atoms with E-state index in [0.29, 0.717) is 29.1 Å². The summed E-state index contributed by atoms with van der Waals surface area (Å²) in [6, 6.07) is 13.3. The Morgan fingerprint density at radius 3 is 2.61 bits per heavy atom. The van der Waals surface area contributed by atoms with Crippen LogP contribution < -0.4 is 16.4 Å². The summed E-state index contributed by atoms with van der Waals surface area (Å²) in [4.78, 5) is 35.2. The summed E-state index contributed by atoms with van der Waals surface area (Å²) in [6.45, 7) is 2.41. The van der Waals surface area contributed by atoms with E-state index in [0.717, 1.165) is 25.1 Å². The molecule has 2 heterocycles. The highest BCUT2D eigenvalue weighted by molar-refractivity contribution is 5.94. The molecule has 176 valence electrons. The zero-order valence-corrected chi connectivity index (χ0v) is 17.4. The van der Waals surface area contributed by atoms with Gasteiger partial charge in [-0.05, 0) is 60.7 Å². The number of piperidine rings is 1. The number of fused-ring (bicyclic) bond motifs is 1. The van der Waals surface area contributed by atoms with Crippen LogP contribution in [0.25, 0.3) is 11.1 Å². The number of aromatic amines is 1. The minimum absolute atomic E-state index is 0.105. The number of amides is 1. The van der Waals surface area contributed by atoms with E-state index >= 15 is 0 Å². The van der Waals surface area contributed by atoms with Gasteiger partial charge in [0, 0.05) is 18.7 Å². The fourth-order valence-electron chi connectivity index (χ4n) is 3.45. The summed E-state index contributed by atoms with van der Waals surface area (Å²) in [7, 11) is 0. The number of carbonyl (C=O) groups is 2. The summed E-state index contributed by atoms with van der Waals surface area (Å²) in [5.74, 6) is -2.87. The minimum Gasteiger partial charge on any atom is -0.475 e. The Morgan fingerprint density at radius 1 is 1.18 bits per heavy atom. The van der Waals surface area contributed by atoms with Crippen molar-refractivity contribution in [1.29, 1.82) is 0 Å². The second-order valence-electron chi connectivity index (χ2n) is 7.50. The molecule has 3 aromatic rings. The molecular weight excluding hydrogens is 443 g/mol. The van der Waals surface area contributed by atoms with Crippen molar-refractivity contribution in [3.05, 3.63) is 69.7 Å². The van der Waals surface area contributed by atoms with Gasteiger partial charge in [0.2, 0.25) is 0 Å². The van der Waals surface area contributed by atoms with Gasteiger partial charge < -0.3 is 20.2 Å². The molecule has 2 aromatic carbocycles. The molecule has 0 saturated carbocycles. The smallest absolute Gasteiger partial charge is 0.475 e. The lowest BCUT2D eigenvalue weighted by atomic mass is 9.90. The van der Waals surface area contributed by atoms with Crippen LogP contribution in [0.15, 0.2) is 51.7 Å². The van der Waals surface area contributed by atoms with E-state index in [4.69, 9.17) is 14.3 Å². The van der Waals surface area contributed by atoms with Crippen LogP contribution in [0.2, 0.25) is 0 Å². The average Bonchev–Trinajstić information content (AvgIpc) is 3.17. The number of H-pyrrole nitrogens is 1. The zero-order valence-electron chi connectivity index (χ0n) is 17.4. The van der Waals surface area contributed by atoms with Gasteiger partial charge in [-0.2, -0.15) is 13.2 Å². The second-order valence-corrected chi connectivity index (χ2v) is 7.50. The fourth-order valence-corrected chi connectivity index (χ4v) is 3.45. The fraction of sp³-hybridized carbons (Fsp3) is 0.318. The topological polar surface area (TPSA) is 124 Å². The number of carbonyl (C=O) groups excluding carboxylic acids is 1. The average molecular weight is 465 g/mol. The van der Waals surface area contributed by atoms with Crippen molar-refractivity contribution in [3.63, 3.8) is 0 Å². The predicted octanol–water partition coefficient (Wildman–Crippen LogP) is 3.15. The quantitative estimate of drug-likeness (QED) is 0.469. The molecule has 1 saturated heterocycles. The molecule has 0 radical (unpaired) electrons. The summed E-state index contributed by atoms with van der Waals surface area (Å²) >= 11 is 0. The van der Waals surface area contributed by atoms with Gasteiger partial charge in [-0.1, -0.05) is 18.2 Å². The van der Waals surface area contributed by atoms with Gasteiger partial charge in [-0.25, -0.2) is 9.59 Å². The molecule has 33 heavy (non-hydrogen) atoms. The predicted molar refractivity (Wildman–Crippen MR) is 113 cm³/mol. The van der Waals surface area contributed by atoms with Crippen molar-refractivity contribution in [1.82, 2.24) is 15.6 Å². The van der Waals surface area contributed by atoms with Crippen LogP contribution >= 0.6 is 0 Å². The number of alkyl halides is 3. The number of oxazole rings is 1. The van der Waals surface area contributed by atoms with Gasteiger partial charge in [0.1, 0.15) is 0 Å². The van der Waals surface area contributed by atoms with Crippen molar-refractivity contribution in [3.8, 4) is 0 Å². The van der Waals surface area contributed by atoms with Crippen LogP contribution in [-0.2, 0) is 11.3 Å². The number of halogens is 3. The molecule has 1 aliphatic rings. The third-order valence-corrected chi connectivity index (χ3v) is 5.10. The number of rotatable bonds is 4. The Labute approximate surface area is 185 Å². The number of nitrogens with one attached hydrogen (secondary N) is 3. The van der Waals surface area contributed by atoms with E-state index in [1.54, 1.807) is 12.1 Å². The van der Waals surface area contributed by atoms with Gasteiger partial charge >= 0.3 is 17.9 Å². The molecule has 0 spiro atoms. The van der Waals surface area contributed by atoms with E-state index in [-0.39, 0.29) is 5.91 Å². The number of hydrogen-bond acceptors (Lipinski definition) is 5. The van der Waals surface area contributed by atoms with Gasteiger partial charge in [-0.3, -0.25) is 9.78 Å². The molecule has 1 aliphatic heterocycles. The first-order valence-corrected chi connectivity index (χ1v) is 10.1. The summed E-state index contributed by atoms with van der Waals surface area (Å²) < 4.78 is 36.8. The van der Waals surface area contributed by atoms with Gasteiger partial charge in [0.15, 0.2) is 5.58 Å². The number of carboxylic acids is 1. The molecule has 11 heteroatoms. The lowest BCUT2D eigenvalue weighted by Gasteiger charge is -2.23. The largest absolute Gasteiger partial charge is 0.490 e. The van der Waals surface area contributed by atoms with Crippen LogP contribution in [-0.4, -0.2) is 41.2 Å². The molecule has 1 fully saturated rings. The first-order valence-electron chi connectivity index (χ1n) is 10.1. The van der Waals surface area contributed by atoms with Crippen LogP contribution in [0, 0.1) is 0 Å². The maximum Gasteiger partial charge on any atom is 0.490 e. The Morgan fingerprint density at radius 2 is 1.94 bits per heavy atom. The van der Waals surface area contributed by atoms with Crippen molar-refractivity contribution in [2.75, 3.05) is 13.1 Å². The summed E-state index contributed by atoms with van der Waals surface area (Å²) in [5.41, 5.74) is 3.90. The third kappa shape index (κ3) is 6.69. The first kappa shape index (κ1) is 24.1. The molecule has 0 aliphatic carbocycles. The van der Waals surface area contributed by atoms with Crippen molar-refractivity contribution < 1.29 is 32.3 Å². The molecule has 8 nitrogen and oxygen atoms in total. The molecule has 1 atom stereocenters. The highest BCUT2D eigenvalue weighted by Crippen LogP contribution is 2.24. The van der Waals surface area contributed by atoms with Crippen LogP contribution in [0.4, 0.5) is 13.2 Å². The Kier molecular flexibility index (Phi) is 7.54.